The van der Waals surface area contributed by atoms with Crippen molar-refractivity contribution in [3.05, 3.63) is 59.9 Å². The SMILES string of the molecule is CCCCCCSc1ncn(C(Cl)(C(=O)Nc2cccc(NC(=O)CCCOc3ccc(C(C)(C)CC)cc3C(C)(C)CC)c2)C(=O)C(C)(C)C)n1. The van der Waals surface area contributed by atoms with Gasteiger partial charge < -0.3 is 15.4 Å². The maximum Gasteiger partial charge on any atom is 0.275 e. The van der Waals surface area contributed by atoms with Crippen molar-refractivity contribution in [1.82, 2.24) is 14.8 Å². The highest BCUT2D eigenvalue weighted by Crippen LogP contribution is 2.39. The van der Waals surface area contributed by atoms with E-state index >= 15 is 0 Å². The minimum Gasteiger partial charge on any atom is -0.493 e. The van der Waals surface area contributed by atoms with Crippen molar-refractivity contribution in [2.45, 2.75) is 142 Å². The van der Waals surface area contributed by atoms with E-state index < -0.39 is 22.1 Å². The van der Waals surface area contributed by atoms with E-state index in [0.29, 0.717) is 29.6 Å². The molecule has 1 aromatic heterocycles. The fraction of sp³-hybridized carbons (Fsp3) is 0.585. The molecule has 0 aliphatic rings. The van der Waals surface area contributed by atoms with Crippen LogP contribution in [0, 0.1) is 5.41 Å². The molecule has 2 aromatic carbocycles. The smallest absolute Gasteiger partial charge is 0.275 e. The second kappa shape index (κ2) is 18.6. The summed E-state index contributed by atoms with van der Waals surface area (Å²) in [5.74, 6) is 0.207. The molecule has 2 amide bonds. The van der Waals surface area contributed by atoms with Gasteiger partial charge in [0.25, 0.3) is 10.9 Å². The van der Waals surface area contributed by atoms with E-state index in [4.69, 9.17) is 16.3 Å². The summed E-state index contributed by atoms with van der Waals surface area (Å²) in [5, 5.41) is 10.6. The highest BCUT2D eigenvalue weighted by atomic mass is 35.5. The Morgan fingerprint density at radius 2 is 1.52 bits per heavy atom. The van der Waals surface area contributed by atoms with Gasteiger partial charge in [-0.3, -0.25) is 14.4 Å². The number of ketones is 1. The molecule has 286 valence electrons. The summed E-state index contributed by atoms with van der Waals surface area (Å²) in [6.07, 6.45) is 8.57. The molecule has 9 nitrogen and oxygen atoms in total. The maximum atomic E-state index is 13.8. The first kappa shape index (κ1) is 43.0. The molecule has 11 heteroatoms. The molecule has 0 saturated heterocycles. The monoisotopic (exact) mass is 753 g/mol. The van der Waals surface area contributed by atoms with E-state index in [2.05, 4.69) is 87.4 Å². The standard InChI is InChI=1S/C41H60ClN5O4S/c1-11-14-15-16-25-52-37-43-28-47(46-37)41(42,35(49)38(4,5)6)36(50)45-31-20-17-19-30(27-31)44-34(48)21-18-24-51-33-23-22-29(39(7,8)12-2)26-32(33)40(9,10)13-3/h17,19-20,22-23,26-28H,11-16,18,21,24-25H2,1-10H3,(H,44,48)(H,45,50). The zero-order chi connectivity index (χ0) is 38.7. The number of amides is 2. The number of nitrogens with zero attached hydrogens (tertiary/aromatic N) is 3. The molecule has 1 heterocycles. The Hall–Kier alpha value is -3.37. The quantitative estimate of drug-likeness (QED) is 0.0511. The van der Waals surface area contributed by atoms with Gasteiger partial charge in [0.15, 0.2) is 5.78 Å². The summed E-state index contributed by atoms with van der Waals surface area (Å²) in [6.45, 7) is 21.1. The van der Waals surface area contributed by atoms with Crippen LogP contribution in [0.25, 0.3) is 0 Å². The van der Waals surface area contributed by atoms with Gasteiger partial charge in [0.05, 0.1) is 6.61 Å². The number of carbonyl (C=O) groups is 3. The zero-order valence-electron chi connectivity index (χ0n) is 33.0. The normalized spacial score (nSPS) is 13.4. The number of Topliss-reactive ketones (excluding diaryl/α,β-unsaturated/α-hetero) is 1. The first-order valence-corrected chi connectivity index (χ1v) is 20.0. The van der Waals surface area contributed by atoms with Gasteiger partial charge in [0.2, 0.25) is 11.1 Å². The largest absolute Gasteiger partial charge is 0.493 e. The lowest BCUT2D eigenvalue weighted by Crippen LogP contribution is -2.52. The third kappa shape index (κ3) is 11.3. The van der Waals surface area contributed by atoms with Gasteiger partial charge in [-0.15, -0.1) is 5.10 Å². The van der Waals surface area contributed by atoms with E-state index in [1.54, 1.807) is 45.0 Å². The van der Waals surface area contributed by atoms with Gasteiger partial charge in [-0.25, -0.2) is 9.67 Å². The van der Waals surface area contributed by atoms with Crippen LogP contribution in [0.3, 0.4) is 0 Å². The average molecular weight is 754 g/mol. The summed E-state index contributed by atoms with van der Waals surface area (Å²) in [4.78, 5) is 42.6. The zero-order valence-corrected chi connectivity index (χ0v) is 34.5. The summed E-state index contributed by atoms with van der Waals surface area (Å²) in [7, 11) is 0. The van der Waals surface area contributed by atoms with Gasteiger partial charge in [-0.2, -0.15) is 0 Å². The topological polar surface area (TPSA) is 115 Å². The van der Waals surface area contributed by atoms with Gasteiger partial charge in [-0.05, 0) is 66.3 Å². The molecular weight excluding hydrogens is 694 g/mol. The highest BCUT2D eigenvalue weighted by Gasteiger charge is 2.51. The first-order chi connectivity index (χ1) is 24.4. The molecule has 0 saturated carbocycles. The van der Waals surface area contributed by atoms with E-state index in [1.165, 1.54) is 35.6 Å². The van der Waals surface area contributed by atoms with Crippen molar-refractivity contribution in [2.24, 2.45) is 5.41 Å². The molecule has 0 radical (unpaired) electrons. The number of thioether (sulfide) groups is 1. The second-order valence-corrected chi connectivity index (χ2v) is 17.4. The Labute approximate surface area is 320 Å². The number of anilines is 2. The molecule has 2 N–H and O–H groups in total. The number of nitrogens with one attached hydrogen (secondary N) is 2. The molecule has 1 atom stereocenters. The van der Waals surface area contributed by atoms with Crippen molar-refractivity contribution in [3.8, 4) is 5.75 Å². The lowest BCUT2D eigenvalue weighted by atomic mass is 9.76. The Kier molecular flexibility index (Phi) is 15.4. The van der Waals surface area contributed by atoms with Crippen molar-refractivity contribution < 1.29 is 19.1 Å². The van der Waals surface area contributed by atoms with Crippen LogP contribution in [-0.2, 0) is 30.2 Å². The molecule has 0 bridgehead atoms. The van der Waals surface area contributed by atoms with Crippen LogP contribution >= 0.6 is 23.4 Å². The molecule has 3 rings (SSSR count). The Morgan fingerprint density at radius 1 is 0.846 bits per heavy atom. The van der Waals surface area contributed by atoms with Crippen molar-refractivity contribution in [3.63, 3.8) is 0 Å². The number of carbonyl (C=O) groups excluding carboxylic acids is 3. The minimum absolute atomic E-state index is 0.0546. The predicted octanol–water partition coefficient (Wildman–Crippen LogP) is 10.3. The Balaban J connectivity index is 1.65. The second-order valence-electron chi connectivity index (χ2n) is 15.8. The number of halogens is 1. The van der Waals surface area contributed by atoms with Gasteiger partial charge in [-0.1, -0.05) is 130 Å². The summed E-state index contributed by atoms with van der Waals surface area (Å²) < 4.78 is 7.40. The van der Waals surface area contributed by atoms with Crippen LogP contribution in [-0.4, -0.2) is 44.7 Å². The summed E-state index contributed by atoms with van der Waals surface area (Å²) in [6, 6.07) is 13.2. The number of ether oxygens (including phenoxy) is 1. The van der Waals surface area contributed by atoms with E-state index in [-0.39, 0.29) is 23.2 Å². The molecule has 0 aliphatic heterocycles. The first-order valence-electron chi connectivity index (χ1n) is 18.7. The predicted molar refractivity (Wildman–Crippen MR) is 215 cm³/mol. The van der Waals surface area contributed by atoms with E-state index in [1.807, 2.05) is 0 Å². The fourth-order valence-electron chi connectivity index (χ4n) is 5.49. The van der Waals surface area contributed by atoms with Crippen molar-refractivity contribution in [2.75, 3.05) is 23.0 Å². The van der Waals surface area contributed by atoms with Crippen molar-refractivity contribution >= 4 is 52.3 Å². The van der Waals surface area contributed by atoms with Gasteiger partial charge >= 0.3 is 0 Å². The summed E-state index contributed by atoms with van der Waals surface area (Å²) in [5.41, 5.74) is 2.40. The number of rotatable bonds is 20. The van der Waals surface area contributed by atoms with Crippen LogP contribution in [0.5, 0.6) is 5.75 Å². The number of hydrogen-bond acceptors (Lipinski definition) is 7. The number of benzene rings is 2. The Morgan fingerprint density at radius 3 is 2.15 bits per heavy atom. The van der Waals surface area contributed by atoms with Crippen molar-refractivity contribution in [1.29, 1.82) is 0 Å². The van der Waals surface area contributed by atoms with Crippen LogP contribution in [0.2, 0.25) is 0 Å². The lowest BCUT2D eigenvalue weighted by Gasteiger charge is -2.30. The highest BCUT2D eigenvalue weighted by molar-refractivity contribution is 7.99. The van der Waals surface area contributed by atoms with E-state index in [0.717, 1.165) is 48.3 Å². The number of aromatic nitrogens is 3. The third-order valence-electron chi connectivity index (χ3n) is 9.77. The fourth-order valence-corrected chi connectivity index (χ4v) is 6.70. The molecule has 0 fully saturated rings. The molecule has 52 heavy (non-hydrogen) atoms. The van der Waals surface area contributed by atoms with E-state index in [9.17, 15) is 14.4 Å². The average Bonchev–Trinajstić information content (AvgIpc) is 3.58. The molecule has 3 aromatic rings. The number of alkyl halides is 1. The molecule has 0 aliphatic carbocycles. The van der Waals surface area contributed by atoms with Crippen LogP contribution in [0.15, 0.2) is 53.9 Å². The Bertz CT molecular complexity index is 1660. The molecule has 0 spiro atoms. The lowest BCUT2D eigenvalue weighted by molar-refractivity contribution is -0.138. The van der Waals surface area contributed by atoms with Crippen LogP contribution < -0.4 is 15.4 Å². The minimum atomic E-state index is -2.18. The van der Waals surface area contributed by atoms with Crippen LogP contribution in [0.1, 0.15) is 132 Å². The van der Waals surface area contributed by atoms with Gasteiger partial charge in [0, 0.05) is 34.5 Å². The molecule has 1 unspecified atom stereocenters. The van der Waals surface area contributed by atoms with Crippen LogP contribution in [0.4, 0.5) is 11.4 Å². The molecular formula is C41H60ClN5O4S. The van der Waals surface area contributed by atoms with Gasteiger partial charge in [0.1, 0.15) is 12.1 Å². The summed E-state index contributed by atoms with van der Waals surface area (Å²) >= 11 is 8.41. The number of unbranched alkanes of at least 4 members (excludes halogenated alkanes) is 3. The maximum absolute atomic E-state index is 13.8. The number of hydrogen-bond donors (Lipinski definition) is 2. The third-order valence-corrected chi connectivity index (χ3v) is 11.2.